The first kappa shape index (κ1) is 14.6. The predicted octanol–water partition coefficient (Wildman–Crippen LogP) is 4.08. The summed E-state index contributed by atoms with van der Waals surface area (Å²) in [5.74, 6) is 0. The van der Waals surface area contributed by atoms with Crippen LogP contribution in [0.2, 0.25) is 0 Å². The van der Waals surface area contributed by atoms with E-state index >= 15 is 0 Å². The highest BCUT2D eigenvalue weighted by Crippen LogP contribution is 2.29. The quantitative estimate of drug-likeness (QED) is 0.826. The summed E-state index contributed by atoms with van der Waals surface area (Å²) in [6.07, 6.45) is -2.57. The molecule has 2 rings (SSSR count). The summed E-state index contributed by atoms with van der Waals surface area (Å²) in [4.78, 5) is 0. The zero-order chi connectivity index (χ0) is 14.8. The Balaban J connectivity index is 2.20. The van der Waals surface area contributed by atoms with Crippen molar-refractivity contribution in [1.82, 2.24) is 9.78 Å². The smallest absolute Gasteiger partial charge is 0.265 e. The van der Waals surface area contributed by atoms with Gasteiger partial charge >= 0.3 is 6.18 Å². The Morgan fingerprint density at radius 1 is 1.05 bits per heavy atom. The number of halogens is 3. The first-order chi connectivity index (χ1) is 9.44. The molecule has 0 atom stereocenters. The van der Waals surface area contributed by atoms with Crippen molar-refractivity contribution in [3.05, 3.63) is 52.8 Å². The lowest BCUT2D eigenvalue weighted by Crippen LogP contribution is -2.08. The maximum Gasteiger partial charge on any atom is 0.416 e. The van der Waals surface area contributed by atoms with Crippen molar-refractivity contribution in [2.24, 2.45) is 0 Å². The van der Waals surface area contributed by atoms with Gasteiger partial charge in [0.1, 0.15) is 0 Å². The van der Waals surface area contributed by atoms with E-state index in [2.05, 4.69) is 5.10 Å². The number of aryl methyl sites for hydroxylation is 2. The topological polar surface area (TPSA) is 17.8 Å². The second-order valence-corrected chi connectivity index (χ2v) is 4.69. The van der Waals surface area contributed by atoms with Gasteiger partial charge in [-0.25, -0.2) is 0 Å². The van der Waals surface area contributed by atoms with Crippen LogP contribution < -0.4 is 0 Å². The Morgan fingerprint density at radius 2 is 1.70 bits per heavy atom. The number of rotatable bonds is 4. The number of aromatic nitrogens is 2. The Hall–Kier alpha value is -1.78. The van der Waals surface area contributed by atoms with Gasteiger partial charge in [-0.05, 0) is 36.6 Å². The molecule has 0 unspecified atom stereocenters. The monoisotopic (exact) mass is 282 g/mol. The van der Waals surface area contributed by atoms with Crippen LogP contribution in [-0.2, 0) is 25.6 Å². The van der Waals surface area contributed by atoms with Crippen molar-refractivity contribution in [3.63, 3.8) is 0 Å². The van der Waals surface area contributed by atoms with Crippen LogP contribution in [0.5, 0.6) is 0 Å². The molecule has 0 bridgehead atoms. The third kappa shape index (κ3) is 3.21. The van der Waals surface area contributed by atoms with Gasteiger partial charge in [0.25, 0.3) is 0 Å². The van der Waals surface area contributed by atoms with Gasteiger partial charge in [-0.1, -0.05) is 26.0 Å². The van der Waals surface area contributed by atoms with Gasteiger partial charge in [0, 0.05) is 5.69 Å². The van der Waals surface area contributed by atoms with Crippen LogP contribution in [0.15, 0.2) is 30.3 Å². The van der Waals surface area contributed by atoms with Crippen LogP contribution in [0.4, 0.5) is 13.2 Å². The van der Waals surface area contributed by atoms with Crippen molar-refractivity contribution in [2.45, 2.75) is 39.4 Å². The fourth-order valence-electron chi connectivity index (χ4n) is 2.08. The van der Waals surface area contributed by atoms with E-state index in [0.29, 0.717) is 6.54 Å². The molecule has 0 saturated carbocycles. The zero-order valence-electron chi connectivity index (χ0n) is 11.5. The molecule has 108 valence electrons. The number of alkyl halides is 3. The average Bonchev–Trinajstić information content (AvgIpc) is 2.80. The SMILES string of the molecule is CCc1cc(CC)n(Cc2ccc(C(F)(F)F)cc2)n1. The molecule has 2 nitrogen and oxygen atoms in total. The van der Waals surface area contributed by atoms with Gasteiger partial charge in [0.15, 0.2) is 0 Å². The molecule has 0 aliphatic rings. The summed E-state index contributed by atoms with van der Waals surface area (Å²) in [7, 11) is 0. The molecule has 1 heterocycles. The minimum atomic E-state index is -4.28. The van der Waals surface area contributed by atoms with Crippen LogP contribution in [0.3, 0.4) is 0 Å². The van der Waals surface area contributed by atoms with Gasteiger partial charge in [-0.3, -0.25) is 4.68 Å². The first-order valence-corrected chi connectivity index (χ1v) is 6.65. The van der Waals surface area contributed by atoms with Crippen LogP contribution in [0, 0.1) is 0 Å². The molecule has 0 aliphatic carbocycles. The summed E-state index contributed by atoms with van der Waals surface area (Å²) in [6.45, 7) is 4.57. The van der Waals surface area contributed by atoms with Crippen molar-refractivity contribution in [2.75, 3.05) is 0 Å². The molecule has 0 N–H and O–H groups in total. The standard InChI is InChI=1S/C15H17F3N2/c1-3-13-9-14(4-2)20(19-13)10-11-5-7-12(8-6-11)15(16,17)18/h5-9H,3-4,10H2,1-2H3. The average molecular weight is 282 g/mol. The summed E-state index contributed by atoms with van der Waals surface area (Å²) >= 11 is 0. The van der Waals surface area contributed by atoms with E-state index in [-0.39, 0.29) is 0 Å². The van der Waals surface area contributed by atoms with E-state index in [1.807, 2.05) is 24.6 Å². The van der Waals surface area contributed by atoms with Gasteiger partial charge in [-0.15, -0.1) is 0 Å². The van der Waals surface area contributed by atoms with Crippen LogP contribution in [-0.4, -0.2) is 9.78 Å². The molecular weight excluding hydrogens is 265 g/mol. The first-order valence-electron chi connectivity index (χ1n) is 6.65. The molecule has 5 heteroatoms. The summed E-state index contributed by atoms with van der Waals surface area (Å²) < 4.78 is 39.4. The molecule has 1 aromatic heterocycles. The lowest BCUT2D eigenvalue weighted by molar-refractivity contribution is -0.137. The molecule has 0 spiro atoms. The Morgan fingerprint density at radius 3 is 2.20 bits per heavy atom. The summed E-state index contributed by atoms with van der Waals surface area (Å²) in [5.41, 5.74) is 2.31. The van der Waals surface area contributed by atoms with Gasteiger partial charge in [0.05, 0.1) is 17.8 Å². The number of hydrogen-bond acceptors (Lipinski definition) is 1. The van der Waals surface area contributed by atoms with Gasteiger partial charge < -0.3 is 0 Å². The molecule has 0 amide bonds. The normalized spacial score (nSPS) is 11.8. The van der Waals surface area contributed by atoms with Crippen LogP contribution in [0.1, 0.15) is 36.4 Å². The highest BCUT2D eigenvalue weighted by atomic mass is 19.4. The van der Waals surface area contributed by atoms with E-state index in [0.717, 1.165) is 41.9 Å². The molecule has 0 fully saturated rings. The summed E-state index contributed by atoms with van der Waals surface area (Å²) in [6, 6.07) is 7.30. The third-order valence-electron chi connectivity index (χ3n) is 3.25. The second-order valence-electron chi connectivity index (χ2n) is 4.69. The predicted molar refractivity (Wildman–Crippen MR) is 71.5 cm³/mol. The van der Waals surface area contributed by atoms with Crippen molar-refractivity contribution >= 4 is 0 Å². The van der Waals surface area contributed by atoms with Crippen LogP contribution >= 0.6 is 0 Å². The molecule has 0 radical (unpaired) electrons. The maximum atomic E-state index is 12.5. The maximum absolute atomic E-state index is 12.5. The van der Waals surface area contributed by atoms with Crippen molar-refractivity contribution < 1.29 is 13.2 Å². The van der Waals surface area contributed by atoms with Gasteiger partial charge in [-0.2, -0.15) is 18.3 Å². The second kappa shape index (κ2) is 5.69. The number of benzene rings is 1. The largest absolute Gasteiger partial charge is 0.416 e. The lowest BCUT2D eigenvalue weighted by Gasteiger charge is -2.09. The summed E-state index contributed by atoms with van der Waals surface area (Å²) in [5, 5.41) is 4.46. The van der Waals surface area contributed by atoms with Crippen molar-refractivity contribution in [1.29, 1.82) is 0 Å². The fraction of sp³-hybridized carbons (Fsp3) is 0.400. The van der Waals surface area contributed by atoms with E-state index in [9.17, 15) is 13.2 Å². The Bertz CT molecular complexity index is 568. The molecule has 0 aliphatic heterocycles. The molecule has 0 saturated heterocycles. The van der Waals surface area contributed by atoms with Crippen molar-refractivity contribution in [3.8, 4) is 0 Å². The molecule has 20 heavy (non-hydrogen) atoms. The van der Waals surface area contributed by atoms with Gasteiger partial charge in [0.2, 0.25) is 0 Å². The molecule has 1 aromatic carbocycles. The van der Waals surface area contributed by atoms with E-state index in [1.165, 1.54) is 12.1 Å². The molecular formula is C15H17F3N2. The number of hydrogen-bond donors (Lipinski definition) is 0. The molecule has 2 aromatic rings. The highest BCUT2D eigenvalue weighted by Gasteiger charge is 2.29. The van der Waals surface area contributed by atoms with E-state index in [4.69, 9.17) is 0 Å². The minimum Gasteiger partial charge on any atom is -0.265 e. The zero-order valence-corrected chi connectivity index (χ0v) is 11.5. The fourth-order valence-corrected chi connectivity index (χ4v) is 2.08. The third-order valence-corrected chi connectivity index (χ3v) is 3.25. The Labute approximate surface area is 116 Å². The number of nitrogens with zero attached hydrogens (tertiary/aromatic N) is 2. The van der Waals surface area contributed by atoms with Crippen LogP contribution in [0.25, 0.3) is 0 Å². The highest BCUT2D eigenvalue weighted by molar-refractivity contribution is 5.25. The van der Waals surface area contributed by atoms with E-state index < -0.39 is 11.7 Å². The minimum absolute atomic E-state index is 0.501. The van der Waals surface area contributed by atoms with E-state index in [1.54, 1.807) is 0 Å². The Kier molecular flexibility index (Phi) is 4.16. The lowest BCUT2D eigenvalue weighted by atomic mass is 10.1.